The second-order valence-electron chi connectivity index (χ2n) is 7.06. The van der Waals surface area contributed by atoms with Gasteiger partial charge >= 0.3 is 6.03 Å². The van der Waals surface area contributed by atoms with Crippen molar-refractivity contribution in [2.24, 2.45) is 5.73 Å². The van der Waals surface area contributed by atoms with E-state index in [-0.39, 0.29) is 11.8 Å². The maximum atomic E-state index is 12.4. The molecular weight excluding hydrogens is 423 g/mol. The van der Waals surface area contributed by atoms with Gasteiger partial charge in [-0.2, -0.15) is 0 Å². The molecular formula is C22H24Cl2N4O2. The lowest BCUT2D eigenvalue weighted by Crippen LogP contribution is -2.31. The Bertz CT molecular complexity index is 1030. The summed E-state index contributed by atoms with van der Waals surface area (Å²) in [5.41, 5.74) is 8.01. The molecule has 3 aromatic rings. The lowest BCUT2D eigenvalue weighted by atomic mass is 9.90. The molecule has 0 saturated heterocycles. The molecule has 0 aliphatic heterocycles. The zero-order chi connectivity index (χ0) is 21.5. The summed E-state index contributed by atoms with van der Waals surface area (Å²) < 4.78 is 0. The fraction of sp³-hybridized carbons (Fsp3) is 0.273. The highest BCUT2D eigenvalue weighted by atomic mass is 35.5. The molecule has 8 heteroatoms. The monoisotopic (exact) mass is 446 g/mol. The van der Waals surface area contributed by atoms with Gasteiger partial charge in [-0.1, -0.05) is 47.5 Å². The molecule has 3 rings (SSSR count). The molecule has 6 nitrogen and oxygen atoms in total. The molecule has 1 aromatic heterocycles. The van der Waals surface area contributed by atoms with Gasteiger partial charge < -0.3 is 21.4 Å². The highest BCUT2D eigenvalue weighted by Crippen LogP contribution is 2.35. The number of unbranched alkanes of at least 4 members (excludes halogenated alkanes) is 1. The topological polar surface area (TPSA) is 100 Å². The number of hydrogen-bond acceptors (Lipinski definition) is 2. The highest BCUT2D eigenvalue weighted by molar-refractivity contribution is 6.35. The van der Waals surface area contributed by atoms with Crippen LogP contribution in [0, 0.1) is 0 Å². The van der Waals surface area contributed by atoms with Crippen LogP contribution in [0.2, 0.25) is 10.0 Å². The minimum absolute atomic E-state index is 0.0518. The zero-order valence-electron chi connectivity index (χ0n) is 16.4. The quantitative estimate of drug-likeness (QED) is 0.362. The number of hydrogen-bond donors (Lipinski definition) is 4. The largest absolute Gasteiger partial charge is 0.361 e. The summed E-state index contributed by atoms with van der Waals surface area (Å²) in [5.74, 6) is -0.185. The minimum Gasteiger partial charge on any atom is -0.361 e. The molecule has 0 bridgehead atoms. The van der Waals surface area contributed by atoms with E-state index in [4.69, 9.17) is 28.9 Å². The van der Waals surface area contributed by atoms with E-state index in [1.165, 1.54) is 0 Å². The number of para-hydroxylation sites is 1. The predicted molar refractivity (Wildman–Crippen MR) is 121 cm³/mol. The molecule has 0 radical (unpaired) electrons. The summed E-state index contributed by atoms with van der Waals surface area (Å²) in [4.78, 5) is 26.3. The number of benzene rings is 2. The maximum Gasteiger partial charge on any atom is 0.312 e. The molecule has 3 amide bonds. The third-order valence-corrected chi connectivity index (χ3v) is 5.53. The van der Waals surface area contributed by atoms with E-state index in [0.29, 0.717) is 42.4 Å². The summed E-state index contributed by atoms with van der Waals surface area (Å²) in [6.07, 6.45) is 3.67. The number of carbonyl (C=O) groups excluding carboxylic acids is 2. The van der Waals surface area contributed by atoms with Gasteiger partial charge in [0, 0.05) is 52.6 Å². The van der Waals surface area contributed by atoms with Gasteiger partial charge in [-0.05, 0) is 42.2 Å². The van der Waals surface area contributed by atoms with Gasteiger partial charge in [0.25, 0.3) is 0 Å². The molecule has 158 valence electrons. The standard InChI is InChI=1S/C22H24Cl2N4O2/c23-14-8-9-15(19(24)11-14)17(18-12-27-20-6-2-1-5-16(18)20)13-28-21(29)7-3-4-10-26-22(25)30/h1-2,5-6,8-9,11-12,17,27H,3-4,7,10,13H2,(H,28,29)(H3,25,26,30). The predicted octanol–water partition coefficient (Wildman–Crippen LogP) is 4.56. The number of nitrogens with one attached hydrogen (secondary N) is 3. The van der Waals surface area contributed by atoms with Crippen molar-refractivity contribution in [3.63, 3.8) is 0 Å². The molecule has 0 aliphatic rings. The lowest BCUT2D eigenvalue weighted by molar-refractivity contribution is -0.121. The van der Waals surface area contributed by atoms with E-state index < -0.39 is 6.03 Å². The zero-order valence-corrected chi connectivity index (χ0v) is 17.9. The average molecular weight is 447 g/mol. The van der Waals surface area contributed by atoms with Crippen LogP contribution in [-0.2, 0) is 4.79 Å². The normalized spacial score (nSPS) is 11.9. The van der Waals surface area contributed by atoms with Gasteiger partial charge in [0.05, 0.1) is 0 Å². The summed E-state index contributed by atoms with van der Waals surface area (Å²) in [5, 5.41) is 7.74. The SMILES string of the molecule is NC(=O)NCCCCC(=O)NCC(c1ccc(Cl)cc1Cl)c1c[nH]c2ccccc12. The number of H-pyrrole nitrogens is 1. The number of halogens is 2. The van der Waals surface area contributed by atoms with Crippen molar-refractivity contribution in [1.29, 1.82) is 0 Å². The van der Waals surface area contributed by atoms with Gasteiger partial charge in [0.2, 0.25) is 5.91 Å². The Labute approximate surface area is 185 Å². The molecule has 0 aliphatic carbocycles. The van der Waals surface area contributed by atoms with E-state index in [9.17, 15) is 9.59 Å². The van der Waals surface area contributed by atoms with E-state index in [0.717, 1.165) is 22.0 Å². The Morgan fingerprint density at radius 3 is 2.60 bits per heavy atom. The van der Waals surface area contributed by atoms with Crippen molar-refractivity contribution in [3.05, 3.63) is 69.8 Å². The average Bonchev–Trinajstić information content (AvgIpc) is 3.13. The molecule has 1 unspecified atom stereocenters. The van der Waals surface area contributed by atoms with Crippen LogP contribution in [0.25, 0.3) is 10.9 Å². The first-order chi connectivity index (χ1) is 14.5. The van der Waals surface area contributed by atoms with Crippen molar-refractivity contribution in [3.8, 4) is 0 Å². The number of aromatic nitrogens is 1. The summed E-state index contributed by atoms with van der Waals surface area (Å²) >= 11 is 12.6. The second-order valence-corrected chi connectivity index (χ2v) is 7.90. The van der Waals surface area contributed by atoms with Crippen molar-refractivity contribution < 1.29 is 9.59 Å². The van der Waals surface area contributed by atoms with Crippen molar-refractivity contribution in [1.82, 2.24) is 15.6 Å². The van der Waals surface area contributed by atoms with Crippen molar-refractivity contribution >= 4 is 46.0 Å². The smallest absolute Gasteiger partial charge is 0.312 e. The summed E-state index contributed by atoms with van der Waals surface area (Å²) in [6, 6.07) is 12.9. The molecule has 30 heavy (non-hydrogen) atoms. The molecule has 0 saturated carbocycles. The number of primary amides is 1. The first kappa shape index (κ1) is 22.0. The molecule has 1 atom stereocenters. The van der Waals surface area contributed by atoms with E-state index in [1.807, 2.05) is 36.5 Å². The van der Waals surface area contributed by atoms with Crippen LogP contribution in [0.3, 0.4) is 0 Å². The number of aromatic amines is 1. The molecule has 5 N–H and O–H groups in total. The van der Waals surface area contributed by atoms with Gasteiger partial charge in [-0.15, -0.1) is 0 Å². The van der Waals surface area contributed by atoms with Gasteiger partial charge in [0.1, 0.15) is 0 Å². The van der Waals surface area contributed by atoms with Crippen LogP contribution in [0.15, 0.2) is 48.7 Å². The fourth-order valence-electron chi connectivity index (χ4n) is 3.48. The van der Waals surface area contributed by atoms with Gasteiger partial charge in [-0.3, -0.25) is 4.79 Å². The van der Waals surface area contributed by atoms with Crippen LogP contribution < -0.4 is 16.4 Å². The Hall–Kier alpha value is -2.70. The summed E-state index contributed by atoms with van der Waals surface area (Å²) in [6.45, 7) is 0.864. The highest BCUT2D eigenvalue weighted by Gasteiger charge is 2.21. The van der Waals surface area contributed by atoms with Crippen LogP contribution >= 0.6 is 23.2 Å². The van der Waals surface area contributed by atoms with E-state index >= 15 is 0 Å². The van der Waals surface area contributed by atoms with Crippen molar-refractivity contribution in [2.75, 3.05) is 13.1 Å². The van der Waals surface area contributed by atoms with Crippen molar-refractivity contribution in [2.45, 2.75) is 25.2 Å². The molecule has 0 spiro atoms. The Balaban J connectivity index is 1.73. The molecule has 0 fully saturated rings. The number of amides is 3. The van der Waals surface area contributed by atoms with Gasteiger partial charge in [0.15, 0.2) is 0 Å². The maximum absolute atomic E-state index is 12.4. The second kappa shape index (κ2) is 10.4. The van der Waals surface area contributed by atoms with Crippen LogP contribution in [-0.4, -0.2) is 30.0 Å². The summed E-state index contributed by atoms with van der Waals surface area (Å²) in [7, 11) is 0. The number of nitrogens with two attached hydrogens (primary N) is 1. The Morgan fingerprint density at radius 2 is 1.83 bits per heavy atom. The Kier molecular flexibility index (Phi) is 7.60. The van der Waals surface area contributed by atoms with E-state index in [1.54, 1.807) is 12.1 Å². The van der Waals surface area contributed by atoms with Gasteiger partial charge in [-0.25, -0.2) is 4.79 Å². The third kappa shape index (κ3) is 5.68. The first-order valence-electron chi connectivity index (χ1n) is 9.76. The van der Waals surface area contributed by atoms with Crippen LogP contribution in [0.5, 0.6) is 0 Å². The Morgan fingerprint density at radius 1 is 1.03 bits per heavy atom. The number of urea groups is 1. The number of fused-ring (bicyclic) bond motifs is 1. The lowest BCUT2D eigenvalue weighted by Gasteiger charge is -2.20. The minimum atomic E-state index is -0.555. The number of rotatable bonds is 9. The fourth-order valence-corrected chi connectivity index (χ4v) is 4.02. The molecule has 1 heterocycles. The third-order valence-electron chi connectivity index (χ3n) is 4.97. The van der Waals surface area contributed by atoms with Crippen LogP contribution in [0.4, 0.5) is 4.79 Å². The van der Waals surface area contributed by atoms with E-state index in [2.05, 4.69) is 15.6 Å². The molecule has 2 aromatic carbocycles. The first-order valence-corrected chi connectivity index (χ1v) is 10.5. The van der Waals surface area contributed by atoms with Crippen LogP contribution in [0.1, 0.15) is 36.3 Å². The number of carbonyl (C=O) groups is 2.